The van der Waals surface area contributed by atoms with Crippen molar-refractivity contribution in [3.63, 3.8) is 0 Å². The molecule has 0 aliphatic heterocycles. The van der Waals surface area contributed by atoms with Crippen LogP contribution in [-0.2, 0) is 9.53 Å². The minimum absolute atomic E-state index is 0. The summed E-state index contributed by atoms with van der Waals surface area (Å²) in [6, 6.07) is 0. The van der Waals surface area contributed by atoms with Crippen LogP contribution in [0, 0.1) is 0 Å². The molecule has 0 fully saturated rings. The third-order valence-corrected chi connectivity index (χ3v) is 1.86. The molecule has 0 rings (SSSR count). The molecular formula is C11H19NaO3. The summed E-state index contributed by atoms with van der Waals surface area (Å²) >= 11 is 0. The van der Waals surface area contributed by atoms with E-state index in [1.54, 1.807) is 6.92 Å². The van der Waals surface area contributed by atoms with Gasteiger partial charge in [0.15, 0.2) is 0 Å². The molecule has 82 valence electrons. The average Bonchev–Trinajstić information content (AvgIpc) is 2.12. The molecule has 0 N–H and O–H groups in total. The second-order valence-electron chi connectivity index (χ2n) is 3.47. The van der Waals surface area contributed by atoms with Gasteiger partial charge in [-0.25, -0.2) is 4.79 Å². The molecule has 0 aliphatic rings. The van der Waals surface area contributed by atoms with Crippen molar-refractivity contribution in [2.24, 2.45) is 0 Å². The molecule has 1 unspecified atom stereocenters. The maximum atomic E-state index is 11.1. The molecule has 4 heteroatoms. The van der Waals surface area contributed by atoms with E-state index in [4.69, 9.17) is 4.74 Å². The van der Waals surface area contributed by atoms with Crippen LogP contribution in [-0.4, -0.2) is 18.7 Å². The van der Waals surface area contributed by atoms with Gasteiger partial charge in [0, 0.05) is 5.57 Å². The largest absolute Gasteiger partial charge is 1.00 e. The van der Waals surface area contributed by atoms with Crippen molar-refractivity contribution in [3.8, 4) is 0 Å². The predicted molar refractivity (Wildman–Crippen MR) is 53.7 cm³/mol. The summed E-state index contributed by atoms with van der Waals surface area (Å²) in [5.41, 5.74) is 0.400. The second-order valence-corrected chi connectivity index (χ2v) is 3.47. The Morgan fingerprint density at radius 3 is 2.53 bits per heavy atom. The average molecular weight is 222 g/mol. The molecule has 0 spiro atoms. The zero-order valence-electron chi connectivity index (χ0n) is 10.0. The molecule has 3 nitrogen and oxygen atoms in total. The number of carbonyl (C=O) groups excluding carboxylic acids is 1. The number of rotatable bonds is 7. The SMILES string of the molecule is C=C(C)C(=O)OCCCC([O-])CCC.[Na+]. The molecular weight excluding hydrogens is 203 g/mol. The standard InChI is InChI=1S/C11H19O3.Na/c1-4-6-10(12)7-5-8-14-11(13)9(2)3;/h10H,2,4-8H2,1,3H3;/q-1;+1. The van der Waals surface area contributed by atoms with Gasteiger partial charge in [0.2, 0.25) is 0 Å². The normalized spacial score (nSPS) is 11.4. The van der Waals surface area contributed by atoms with Gasteiger partial charge in [-0.2, -0.15) is 0 Å². The maximum Gasteiger partial charge on any atom is 1.00 e. The van der Waals surface area contributed by atoms with Gasteiger partial charge in [0.1, 0.15) is 0 Å². The van der Waals surface area contributed by atoms with Crippen molar-refractivity contribution in [3.05, 3.63) is 12.2 Å². The second kappa shape index (κ2) is 10.7. The molecule has 0 aliphatic carbocycles. The fourth-order valence-corrected chi connectivity index (χ4v) is 1.07. The number of hydrogen-bond donors (Lipinski definition) is 0. The smallest absolute Gasteiger partial charge is 0.852 e. The Bertz CT molecular complexity index is 192. The Morgan fingerprint density at radius 1 is 1.47 bits per heavy atom. The van der Waals surface area contributed by atoms with E-state index in [0.29, 0.717) is 31.4 Å². The first kappa shape index (κ1) is 17.6. The Kier molecular flexibility index (Phi) is 12.5. The summed E-state index contributed by atoms with van der Waals surface area (Å²) in [4.78, 5) is 10.9. The van der Waals surface area contributed by atoms with Crippen LogP contribution in [0.1, 0.15) is 39.5 Å². The molecule has 1 atom stereocenters. The van der Waals surface area contributed by atoms with Gasteiger partial charge < -0.3 is 9.84 Å². The number of esters is 1. The molecule has 0 saturated heterocycles. The van der Waals surface area contributed by atoms with E-state index in [1.165, 1.54) is 0 Å². The minimum atomic E-state index is -0.511. The molecule has 0 aromatic heterocycles. The van der Waals surface area contributed by atoms with Crippen molar-refractivity contribution in [1.82, 2.24) is 0 Å². The van der Waals surface area contributed by atoms with E-state index in [9.17, 15) is 9.90 Å². The quantitative estimate of drug-likeness (QED) is 0.226. The van der Waals surface area contributed by atoms with E-state index >= 15 is 0 Å². The van der Waals surface area contributed by atoms with Crippen molar-refractivity contribution in [2.75, 3.05) is 6.61 Å². The molecule has 0 bridgehead atoms. The van der Waals surface area contributed by atoms with Crippen LogP contribution in [0.2, 0.25) is 0 Å². The van der Waals surface area contributed by atoms with E-state index in [0.717, 1.165) is 6.42 Å². The number of ether oxygens (including phenoxy) is 1. The molecule has 0 radical (unpaired) electrons. The molecule has 0 heterocycles. The third kappa shape index (κ3) is 10.5. The number of carbonyl (C=O) groups is 1. The molecule has 0 aromatic carbocycles. The van der Waals surface area contributed by atoms with Gasteiger partial charge in [0.25, 0.3) is 0 Å². The zero-order valence-corrected chi connectivity index (χ0v) is 12.0. The van der Waals surface area contributed by atoms with Gasteiger partial charge in [-0.15, -0.1) is 6.10 Å². The van der Waals surface area contributed by atoms with Crippen LogP contribution >= 0.6 is 0 Å². The maximum absolute atomic E-state index is 11.1. The van der Waals surface area contributed by atoms with Crippen LogP contribution in [0.25, 0.3) is 0 Å². The van der Waals surface area contributed by atoms with Gasteiger partial charge >= 0.3 is 35.5 Å². The first-order chi connectivity index (χ1) is 6.57. The van der Waals surface area contributed by atoms with Gasteiger partial charge in [-0.1, -0.05) is 32.8 Å². The summed E-state index contributed by atoms with van der Waals surface area (Å²) in [7, 11) is 0. The molecule has 15 heavy (non-hydrogen) atoms. The molecule has 0 saturated carbocycles. The van der Waals surface area contributed by atoms with Gasteiger partial charge in [-0.05, 0) is 13.3 Å². The van der Waals surface area contributed by atoms with Crippen LogP contribution in [0.5, 0.6) is 0 Å². The fourth-order valence-electron chi connectivity index (χ4n) is 1.07. The minimum Gasteiger partial charge on any atom is -0.852 e. The fraction of sp³-hybridized carbons (Fsp3) is 0.727. The van der Waals surface area contributed by atoms with E-state index < -0.39 is 6.10 Å². The van der Waals surface area contributed by atoms with Crippen LogP contribution in [0.4, 0.5) is 0 Å². The first-order valence-electron chi connectivity index (χ1n) is 5.06. The van der Waals surface area contributed by atoms with Crippen LogP contribution < -0.4 is 34.7 Å². The van der Waals surface area contributed by atoms with Gasteiger partial charge in [0.05, 0.1) is 6.61 Å². The Hall–Kier alpha value is 0.170. The van der Waals surface area contributed by atoms with E-state index in [-0.39, 0.29) is 35.5 Å². The molecule has 0 aromatic rings. The Balaban J connectivity index is 0. The summed E-state index contributed by atoms with van der Waals surface area (Å²) < 4.78 is 4.85. The van der Waals surface area contributed by atoms with Crippen molar-refractivity contribution < 1.29 is 44.2 Å². The van der Waals surface area contributed by atoms with Crippen molar-refractivity contribution >= 4 is 5.97 Å². The molecule has 0 amide bonds. The summed E-state index contributed by atoms with van der Waals surface area (Å²) in [5.74, 6) is -0.372. The zero-order chi connectivity index (χ0) is 11.0. The predicted octanol–water partition coefficient (Wildman–Crippen LogP) is -1.58. The monoisotopic (exact) mass is 222 g/mol. The van der Waals surface area contributed by atoms with Gasteiger partial charge in [-0.3, -0.25) is 0 Å². The van der Waals surface area contributed by atoms with Crippen LogP contribution in [0.15, 0.2) is 12.2 Å². The summed E-state index contributed by atoms with van der Waals surface area (Å²) in [5, 5.41) is 11.1. The first-order valence-corrected chi connectivity index (χ1v) is 5.06. The van der Waals surface area contributed by atoms with E-state index in [2.05, 4.69) is 6.58 Å². The Morgan fingerprint density at radius 2 is 2.07 bits per heavy atom. The Labute approximate surface area is 114 Å². The van der Waals surface area contributed by atoms with Crippen molar-refractivity contribution in [2.45, 2.75) is 45.6 Å². The number of hydrogen-bond acceptors (Lipinski definition) is 3. The van der Waals surface area contributed by atoms with Crippen molar-refractivity contribution in [1.29, 1.82) is 0 Å². The summed E-state index contributed by atoms with van der Waals surface area (Å²) in [6.07, 6.45) is 2.34. The van der Waals surface area contributed by atoms with Crippen LogP contribution in [0.3, 0.4) is 0 Å². The summed E-state index contributed by atoms with van der Waals surface area (Å²) in [6.45, 7) is 7.39. The third-order valence-electron chi connectivity index (χ3n) is 1.86. The topological polar surface area (TPSA) is 49.4 Å². The van der Waals surface area contributed by atoms with E-state index in [1.807, 2.05) is 6.92 Å².